The molecule has 2 aliphatic heterocycles. The summed E-state index contributed by atoms with van der Waals surface area (Å²) in [6.45, 7) is 7.41. The molecule has 4 atom stereocenters. The van der Waals surface area contributed by atoms with Crippen LogP contribution < -0.4 is 11.2 Å². The number of nitrogens with zero attached hydrogens (tertiary/aromatic N) is 1. The highest BCUT2D eigenvalue weighted by Crippen LogP contribution is 2.53. The Hall–Kier alpha value is -1.29. The topological polar surface area (TPSA) is 118 Å². The Morgan fingerprint density at radius 2 is 1.81 bits per heavy atom. The van der Waals surface area contributed by atoms with Crippen molar-refractivity contribution in [3.8, 4) is 0 Å². The van der Waals surface area contributed by atoms with Crippen LogP contribution in [0.2, 0.25) is 0 Å². The minimum atomic E-state index is -3.40. The third-order valence-corrected chi connectivity index (χ3v) is 6.42. The summed E-state index contributed by atoms with van der Waals surface area (Å²) in [7, 11) is -3.40. The van der Waals surface area contributed by atoms with Crippen LogP contribution in [-0.2, 0) is 27.8 Å². The zero-order chi connectivity index (χ0) is 19.8. The molecule has 3 heterocycles. The van der Waals surface area contributed by atoms with Gasteiger partial charge in [0.2, 0.25) is 0 Å². The first-order valence-electron chi connectivity index (χ1n) is 8.89. The van der Waals surface area contributed by atoms with E-state index < -0.39 is 49.2 Å². The summed E-state index contributed by atoms with van der Waals surface area (Å²) < 4.78 is 42.7. The van der Waals surface area contributed by atoms with E-state index in [1.807, 2.05) is 0 Å². The third kappa shape index (κ3) is 4.26. The van der Waals surface area contributed by atoms with Crippen LogP contribution in [-0.4, -0.2) is 53.0 Å². The fourth-order valence-corrected chi connectivity index (χ4v) is 5.22. The summed E-state index contributed by atoms with van der Waals surface area (Å²) in [6.07, 6.45) is -1.41. The van der Waals surface area contributed by atoms with Gasteiger partial charge in [-0.15, -0.1) is 0 Å². The number of fused-ring (bicyclic) bond motifs is 1. The van der Waals surface area contributed by atoms with Crippen molar-refractivity contribution in [3.63, 3.8) is 0 Å². The van der Waals surface area contributed by atoms with Crippen LogP contribution in [0.4, 0.5) is 0 Å². The molecule has 152 valence electrons. The molecule has 1 N–H and O–H groups in total. The van der Waals surface area contributed by atoms with E-state index in [1.54, 1.807) is 27.7 Å². The maximum absolute atomic E-state index is 12.9. The lowest BCUT2D eigenvalue weighted by Crippen LogP contribution is -2.37. The van der Waals surface area contributed by atoms with Crippen LogP contribution in [0.25, 0.3) is 0 Å². The van der Waals surface area contributed by atoms with Crippen molar-refractivity contribution in [2.24, 2.45) is 0 Å². The Morgan fingerprint density at radius 1 is 1.19 bits per heavy atom. The van der Waals surface area contributed by atoms with Gasteiger partial charge in [0.1, 0.15) is 18.3 Å². The second kappa shape index (κ2) is 7.62. The molecule has 1 aromatic rings. The first kappa shape index (κ1) is 20.4. The van der Waals surface area contributed by atoms with Gasteiger partial charge in [0.15, 0.2) is 12.0 Å². The number of aromatic amines is 1. The molecule has 0 bridgehead atoms. The van der Waals surface area contributed by atoms with Gasteiger partial charge in [-0.25, -0.2) is 4.79 Å². The molecule has 1 aromatic heterocycles. The fourth-order valence-electron chi connectivity index (χ4n) is 3.41. The summed E-state index contributed by atoms with van der Waals surface area (Å²) in [6, 6.07) is 1.22. The lowest BCUT2D eigenvalue weighted by atomic mass is 10.1. The molecular formula is C16H25N2O8P. The van der Waals surface area contributed by atoms with Crippen LogP contribution in [0, 0.1) is 0 Å². The number of nitrogens with one attached hydrogen (secondary N) is 1. The molecule has 27 heavy (non-hydrogen) atoms. The van der Waals surface area contributed by atoms with Gasteiger partial charge in [0.05, 0.1) is 19.4 Å². The Morgan fingerprint density at radius 3 is 2.41 bits per heavy atom. The largest absolute Gasteiger partial charge is 0.348 e. The highest BCUT2D eigenvalue weighted by Gasteiger charge is 2.57. The molecular weight excluding hydrogens is 379 g/mol. The summed E-state index contributed by atoms with van der Waals surface area (Å²) in [5.74, 6) is -0.900. The summed E-state index contributed by atoms with van der Waals surface area (Å²) in [4.78, 5) is 25.7. The van der Waals surface area contributed by atoms with Gasteiger partial charge in [-0.1, -0.05) is 0 Å². The number of H-pyrrole nitrogens is 1. The molecule has 11 heteroatoms. The molecule has 2 aliphatic rings. The maximum Gasteiger partial charge on any atom is 0.333 e. The SMILES string of the molecule is CCOP(=O)(C[C@H]1O[C@@H](n2ccc(=O)[nH]c2=O)[C@@H]2OC(C)(C)O[C@@H]21)OCC. The van der Waals surface area contributed by atoms with Gasteiger partial charge in [-0.2, -0.15) is 0 Å². The van der Waals surface area contributed by atoms with Gasteiger partial charge < -0.3 is 23.3 Å². The summed E-state index contributed by atoms with van der Waals surface area (Å²) in [5, 5.41) is 0. The molecule has 0 amide bonds. The number of hydrogen-bond acceptors (Lipinski definition) is 8. The van der Waals surface area contributed by atoms with Crippen molar-refractivity contribution in [1.29, 1.82) is 0 Å². The molecule has 0 unspecified atom stereocenters. The number of rotatable bonds is 7. The number of ether oxygens (including phenoxy) is 3. The van der Waals surface area contributed by atoms with Crippen molar-refractivity contribution < 1.29 is 27.8 Å². The maximum atomic E-state index is 12.9. The minimum Gasteiger partial charge on any atom is -0.348 e. The molecule has 3 rings (SSSR count). The van der Waals surface area contributed by atoms with Gasteiger partial charge >= 0.3 is 13.3 Å². The molecule has 2 fully saturated rings. The highest BCUT2D eigenvalue weighted by molar-refractivity contribution is 7.53. The third-order valence-electron chi connectivity index (χ3n) is 4.31. The zero-order valence-corrected chi connectivity index (χ0v) is 16.6. The van der Waals surface area contributed by atoms with Gasteiger partial charge in [-0.3, -0.25) is 18.9 Å². The molecule has 0 aliphatic carbocycles. The van der Waals surface area contributed by atoms with Crippen molar-refractivity contribution in [3.05, 3.63) is 33.1 Å². The molecule has 0 aromatic carbocycles. The van der Waals surface area contributed by atoms with E-state index in [0.717, 1.165) is 0 Å². The molecule has 0 spiro atoms. The van der Waals surface area contributed by atoms with E-state index in [-0.39, 0.29) is 19.4 Å². The smallest absolute Gasteiger partial charge is 0.333 e. The average Bonchev–Trinajstić information content (AvgIpc) is 3.02. The predicted molar refractivity (Wildman–Crippen MR) is 94.8 cm³/mol. The minimum absolute atomic E-state index is 0.0378. The monoisotopic (exact) mass is 404 g/mol. The molecule has 2 saturated heterocycles. The van der Waals surface area contributed by atoms with E-state index in [9.17, 15) is 14.2 Å². The predicted octanol–water partition coefficient (Wildman–Crippen LogP) is 1.22. The van der Waals surface area contributed by atoms with E-state index in [4.69, 9.17) is 23.3 Å². The molecule has 0 saturated carbocycles. The second-order valence-electron chi connectivity index (χ2n) is 6.78. The first-order valence-corrected chi connectivity index (χ1v) is 10.6. The quantitative estimate of drug-likeness (QED) is 0.674. The Labute approximate surface area is 156 Å². The van der Waals surface area contributed by atoms with E-state index in [0.29, 0.717) is 0 Å². The van der Waals surface area contributed by atoms with Crippen molar-refractivity contribution >= 4 is 7.60 Å². The van der Waals surface area contributed by atoms with Crippen LogP contribution in [0.5, 0.6) is 0 Å². The van der Waals surface area contributed by atoms with Crippen LogP contribution >= 0.6 is 7.60 Å². The lowest BCUT2D eigenvalue weighted by Gasteiger charge is -2.26. The summed E-state index contributed by atoms with van der Waals surface area (Å²) >= 11 is 0. The van der Waals surface area contributed by atoms with E-state index in [1.165, 1.54) is 16.8 Å². The van der Waals surface area contributed by atoms with Crippen molar-refractivity contribution in [2.75, 3.05) is 19.4 Å². The van der Waals surface area contributed by atoms with Gasteiger partial charge in [0, 0.05) is 12.3 Å². The van der Waals surface area contributed by atoms with Gasteiger partial charge in [0.25, 0.3) is 5.56 Å². The fraction of sp³-hybridized carbons (Fsp3) is 0.750. The Kier molecular flexibility index (Phi) is 5.77. The average molecular weight is 404 g/mol. The molecule has 10 nitrogen and oxygen atoms in total. The van der Waals surface area contributed by atoms with Crippen LogP contribution in [0.15, 0.2) is 21.9 Å². The van der Waals surface area contributed by atoms with Crippen molar-refractivity contribution in [1.82, 2.24) is 9.55 Å². The van der Waals surface area contributed by atoms with Crippen molar-refractivity contribution in [2.45, 2.75) is 58.0 Å². The van der Waals surface area contributed by atoms with E-state index >= 15 is 0 Å². The first-order chi connectivity index (χ1) is 12.7. The lowest BCUT2D eigenvalue weighted by molar-refractivity contribution is -0.195. The zero-order valence-electron chi connectivity index (χ0n) is 15.7. The van der Waals surface area contributed by atoms with E-state index in [2.05, 4.69) is 4.98 Å². The second-order valence-corrected chi connectivity index (χ2v) is 8.88. The summed E-state index contributed by atoms with van der Waals surface area (Å²) in [5.41, 5.74) is -1.14. The molecule has 0 radical (unpaired) electrons. The number of aromatic nitrogens is 2. The highest BCUT2D eigenvalue weighted by atomic mass is 31.2. The normalized spacial score (nSPS) is 29.8. The Bertz CT molecular complexity index is 824. The van der Waals surface area contributed by atoms with Crippen LogP contribution in [0.3, 0.4) is 0 Å². The standard InChI is InChI=1S/C16H25N2O8P/c1-5-22-27(21,23-6-2)9-10-12-13(26-16(3,4)25-12)14(24-10)18-8-7-11(19)17-15(18)20/h7-8,10,12-14H,5-6,9H2,1-4H3,(H,17,19,20)/t10-,12-,13-,14-/m1/s1. The number of hydrogen-bond donors (Lipinski definition) is 1. The van der Waals surface area contributed by atoms with Gasteiger partial charge in [-0.05, 0) is 27.7 Å². The Balaban J connectivity index is 1.91. The van der Waals surface area contributed by atoms with Crippen LogP contribution in [0.1, 0.15) is 33.9 Å².